The van der Waals surface area contributed by atoms with Crippen molar-refractivity contribution in [3.63, 3.8) is 0 Å². The van der Waals surface area contributed by atoms with Gasteiger partial charge in [0.15, 0.2) is 0 Å². The summed E-state index contributed by atoms with van der Waals surface area (Å²) in [5.41, 5.74) is 0.618. The zero-order valence-corrected chi connectivity index (χ0v) is 11.3. The lowest BCUT2D eigenvalue weighted by atomic mass is 10.2. The van der Waals surface area contributed by atoms with Crippen molar-refractivity contribution in [2.24, 2.45) is 0 Å². The number of fused-ring (bicyclic) bond motifs is 1. The van der Waals surface area contributed by atoms with Crippen molar-refractivity contribution in [3.05, 3.63) is 30.1 Å². The summed E-state index contributed by atoms with van der Waals surface area (Å²) in [6, 6.07) is 7.33. The molecule has 0 spiro atoms. The third kappa shape index (κ3) is 3.42. The van der Waals surface area contributed by atoms with E-state index in [1.54, 1.807) is 6.07 Å². The van der Waals surface area contributed by atoms with E-state index in [4.69, 9.17) is 9.84 Å². The van der Waals surface area contributed by atoms with E-state index in [-0.39, 0.29) is 5.82 Å². The predicted octanol–water partition coefficient (Wildman–Crippen LogP) is 2.17. The molecule has 20 heavy (non-hydrogen) atoms. The van der Waals surface area contributed by atoms with Gasteiger partial charge >= 0.3 is 5.97 Å². The minimum atomic E-state index is -1.13. The van der Waals surface area contributed by atoms with Gasteiger partial charge in [-0.05, 0) is 25.5 Å². The van der Waals surface area contributed by atoms with Crippen LogP contribution in [-0.2, 0) is 4.74 Å². The fraction of sp³-hybridized carbons (Fsp3) is 0.357. The summed E-state index contributed by atoms with van der Waals surface area (Å²) in [5, 5.41) is 13.0. The van der Waals surface area contributed by atoms with Crippen molar-refractivity contribution in [2.75, 3.05) is 25.1 Å². The molecule has 0 radical (unpaired) electrons. The van der Waals surface area contributed by atoms with Crippen LogP contribution in [0, 0.1) is 0 Å². The lowest BCUT2D eigenvalue weighted by Crippen LogP contribution is -2.11. The van der Waals surface area contributed by atoms with E-state index < -0.39 is 5.97 Å². The number of carboxylic acid groups (broad SMARTS) is 1. The van der Waals surface area contributed by atoms with Gasteiger partial charge in [0, 0.05) is 25.1 Å². The summed E-state index contributed by atoms with van der Waals surface area (Å²) in [7, 11) is 0. The number of ether oxygens (including phenoxy) is 1. The number of anilines is 1. The number of aromatic nitrogens is 2. The van der Waals surface area contributed by atoms with E-state index in [0.29, 0.717) is 31.1 Å². The van der Waals surface area contributed by atoms with Gasteiger partial charge in [-0.2, -0.15) is 0 Å². The molecule has 1 heterocycles. The minimum absolute atomic E-state index is 0.198. The van der Waals surface area contributed by atoms with Crippen LogP contribution in [0.3, 0.4) is 0 Å². The van der Waals surface area contributed by atoms with Crippen LogP contribution in [0.25, 0.3) is 10.9 Å². The third-order valence-corrected chi connectivity index (χ3v) is 2.76. The van der Waals surface area contributed by atoms with Gasteiger partial charge in [-0.15, -0.1) is 0 Å². The number of benzene rings is 1. The van der Waals surface area contributed by atoms with Crippen molar-refractivity contribution < 1.29 is 14.6 Å². The fourth-order valence-corrected chi connectivity index (χ4v) is 1.83. The maximum absolute atomic E-state index is 11.0. The Morgan fingerprint density at radius 3 is 2.90 bits per heavy atom. The lowest BCUT2D eigenvalue weighted by molar-refractivity contribution is 0.0684. The SMILES string of the molecule is CCOCCCNc1nc(C(=O)O)nc2ccccc12. The highest BCUT2D eigenvalue weighted by Crippen LogP contribution is 2.19. The van der Waals surface area contributed by atoms with Gasteiger partial charge in [0.1, 0.15) is 5.82 Å². The molecule has 6 heteroatoms. The molecule has 0 saturated carbocycles. The quantitative estimate of drug-likeness (QED) is 0.753. The third-order valence-electron chi connectivity index (χ3n) is 2.76. The molecular formula is C14H17N3O3. The standard InChI is InChI=1S/C14H17N3O3/c1-2-20-9-5-8-15-12-10-6-3-4-7-11(10)16-13(17-12)14(18)19/h3-4,6-7H,2,5,8-9H2,1H3,(H,18,19)(H,15,16,17). The lowest BCUT2D eigenvalue weighted by Gasteiger charge is -2.09. The predicted molar refractivity (Wildman–Crippen MR) is 76.1 cm³/mol. The molecule has 0 aliphatic heterocycles. The zero-order valence-electron chi connectivity index (χ0n) is 11.3. The zero-order chi connectivity index (χ0) is 14.4. The van der Waals surface area contributed by atoms with Crippen LogP contribution in [0.15, 0.2) is 24.3 Å². The van der Waals surface area contributed by atoms with Crippen LogP contribution in [0.4, 0.5) is 5.82 Å². The summed E-state index contributed by atoms with van der Waals surface area (Å²) in [4.78, 5) is 19.1. The Kier molecular flexibility index (Phi) is 4.84. The van der Waals surface area contributed by atoms with Gasteiger partial charge in [-0.25, -0.2) is 14.8 Å². The molecule has 1 aromatic carbocycles. The molecular weight excluding hydrogens is 258 g/mol. The molecule has 106 valence electrons. The van der Waals surface area contributed by atoms with Gasteiger partial charge in [0.2, 0.25) is 5.82 Å². The highest BCUT2D eigenvalue weighted by atomic mass is 16.5. The number of hydrogen-bond donors (Lipinski definition) is 2. The fourth-order valence-electron chi connectivity index (χ4n) is 1.83. The average molecular weight is 275 g/mol. The first-order valence-corrected chi connectivity index (χ1v) is 6.54. The largest absolute Gasteiger partial charge is 0.475 e. The molecule has 0 fully saturated rings. The van der Waals surface area contributed by atoms with Crippen molar-refractivity contribution >= 4 is 22.7 Å². The molecule has 0 bridgehead atoms. The van der Waals surface area contributed by atoms with Gasteiger partial charge in [0.25, 0.3) is 0 Å². The summed E-state index contributed by atoms with van der Waals surface area (Å²) >= 11 is 0. The molecule has 0 amide bonds. The van der Waals surface area contributed by atoms with Crippen LogP contribution < -0.4 is 5.32 Å². The number of aromatic carboxylic acids is 1. The number of carbonyl (C=O) groups is 1. The molecule has 0 atom stereocenters. The summed E-state index contributed by atoms with van der Waals surface area (Å²) < 4.78 is 5.25. The van der Waals surface area contributed by atoms with Gasteiger partial charge in [-0.3, -0.25) is 0 Å². The van der Waals surface area contributed by atoms with E-state index in [1.807, 2.05) is 25.1 Å². The summed E-state index contributed by atoms with van der Waals surface area (Å²) in [6.07, 6.45) is 0.828. The Balaban J connectivity index is 2.19. The molecule has 0 aliphatic carbocycles. The normalized spacial score (nSPS) is 10.7. The van der Waals surface area contributed by atoms with Gasteiger partial charge < -0.3 is 15.2 Å². The van der Waals surface area contributed by atoms with Gasteiger partial charge in [-0.1, -0.05) is 12.1 Å². The second kappa shape index (κ2) is 6.81. The smallest absolute Gasteiger partial charge is 0.374 e. The van der Waals surface area contributed by atoms with Crippen molar-refractivity contribution in [1.82, 2.24) is 9.97 Å². The number of nitrogens with zero attached hydrogens (tertiary/aromatic N) is 2. The maximum atomic E-state index is 11.0. The van der Waals surface area contributed by atoms with Crippen molar-refractivity contribution in [1.29, 1.82) is 0 Å². The molecule has 1 aromatic heterocycles. The summed E-state index contributed by atoms with van der Waals surface area (Å²) in [5.74, 6) is -0.784. The Morgan fingerprint density at radius 1 is 1.35 bits per heavy atom. The first-order chi connectivity index (χ1) is 9.72. The molecule has 0 saturated heterocycles. The minimum Gasteiger partial charge on any atom is -0.475 e. The molecule has 0 unspecified atom stereocenters. The van der Waals surface area contributed by atoms with Crippen LogP contribution in [0.5, 0.6) is 0 Å². The van der Waals surface area contributed by atoms with E-state index in [0.717, 1.165) is 11.8 Å². The molecule has 0 aliphatic rings. The maximum Gasteiger partial charge on any atom is 0.374 e. The van der Waals surface area contributed by atoms with Crippen molar-refractivity contribution in [2.45, 2.75) is 13.3 Å². The van der Waals surface area contributed by atoms with Crippen LogP contribution in [-0.4, -0.2) is 40.8 Å². The summed E-state index contributed by atoms with van der Waals surface area (Å²) in [6.45, 7) is 3.97. The molecule has 6 nitrogen and oxygen atoms in total. The topological polar surface area (TPSA) is 84.3 Å². The Morgan fingerprint density at radius 2 is 2.15 bits per heavy atom. The highest BCUT2D eigenvalue weighted by Gasteiger charge is 2.12. The number of nitrogens with one attached hydrogen (secondary N) is 1. The number of rotatable bonds is 7. The average Bonchev–Trinajstić information content (AvgIpc) is 2.46. The van der Waals surface area contributed by atoms with E-state index in [9.17, 15) is 4.79 Å². The molecule has 2 rings (SSSR count). The monoisotopic (exact) mass is 275 g/mol. The van der Waals surface area contributed by atoms with Crippen LogP contribution in [0.1, 0.15) is 24.0 Å². The van der Waals surface area contributed by atoms with E-state index in [2.05, 4.69) is 15.3 Å². The van der Waals surface area contributed by atoms with Crippen LogP contribution >= 0.6 is 0 Å². The van der Waals surface area contributed by atoms with E-state index >= 15 is 0 Å². The van der Waals surface area contributed by atoms with Gasteiger partial charge in [0.05, 0.1) is 5.52 Å². The number of hydrogen-bond acceptors (Lipinski definition) is 5. The second-order valence-electron chi connectivity index (χ2n) is 4.20. The first-order valence-electron chi connectivity index (χ1n) is 6.54. The molecule has 2 aromatic rings. The van der Waals surface area contributed by atoms with Crippen molar-refractivity contribution in [3.8, 4) is 0 Å². The number of para-hydroxylation sites is 1. The number of carboxylic acids is 1. The Labute approximate surface area is 116 Å². The van der Waals surface area contributed by atoms with E-state index in [1.165, 1.54) is 0 Å². The van der Waals surface area contributed by atoms with Crippen LogP contribution in [0.2, 0.25) is 0 Å². The molecule has 2 N–H and O–H groups in total. The second-order valence-corrected chi connectivity index (χ2v) is 4.20. The Bertz CT molecular complexity index is 601. The highest BCUT2D eigenvalue weighted by molar-refractivity contribution is 5.93. The first kappa shape index (κ1) is 14.2. The Hall–Kier alpha value is -2.21.